The molecule has 1 unspecified atom stereocenters. The Morgan fingerprint density at radius 1 is 1.29 bits per heavy atom. The minimum Gasteiger partial charge on any atom is -0.486 e. The highest BCUT2D eigenvalue weighted by Crippen LogP contribution is 2.30. The molecule has 0 bridgehead atoms. The number of benzene rings is 1. The van der Waals surface area contributed by atoms with Crippen LogP contribution in [0.25, 0.3) is 0 Å². The van der Waals surface area contributed by atoms with Crippen molar-refractivity contribution in [1.29, 1.82) is 0 Å². The van der Waals surface area contributed by atoms with E-state index in [1.54, 1.807) is 0 Å². The van der Waals surface area contributed by atoms with E-state index in [1.165, 1.54) is 0 Å². The van der Waals surface area contributed by atoms with Crippen molar-refractivity contribution in [1.82, 2.24) is 5.32 Å². The number of ether oxygens (including phenoxy) is 2. The molecule has 0 aliphatic carbocycles. The van der Waals surface area contributed by atoms with Crippen molar-refractivity contribution in [2.75, 3.05) is 19.8 Å². The second-order valence-electron chi connectivity index (χ2n) is 5.76. The van der Waals surface area contributed by atoms with Crippen LogP contribution in [-0.4, -0.2) is 31.7 Å². The molecule has 2 rings (SSSR count). The first-order chi connectivity index (χ1) is 10.1. The van der Waals surface area contributed by atoms with Gasteiger partial charge < -0.3 is 20.5 Å². The third-order valence-electron chi connectivity index (χ3n) is 3.38. The Hall–Kier alpha value is -1.75. The van der Waals surface area contributed by atoms with Crippen molar-refractivity contribution in [3.63, 3.8) is 0 Å². The van der Waals surface area contributed by atoms with Crippen molar-refractivity contribution in [3.8, 4) is 11.5 Å². The lowest BCUT2D eigenvalue weighted by Gasteiger charge is -2.19. The van der Waals surface area contributed by atoms with E-state index in [9.17, 15) is 4.79 Å². The summed E-state index contributed by atoms with van der Waals surface area (Å²) in [6.07, 6.45) is 1.45. The number of amides is 1. The van der Waals surface area contributed by atoms with E-state index in [-0.39, 0.29) is 5.91 Å². The fourth-order valence-electron chi connectivity index (χ4n) is 2.32. The molecule has 1 heterocycles. The molecule has 5 nitrogen and oxygen atoms in total. The van der Waals surface area contributed by atoms with Gasteiger partial charge in [0.25, 0.3) is 0 Å². The minimum absolute atomic E-state index is 0.0822. The monoisotopic (exact) mass is 292 g/mol. The van der Waals surface area contributed by atoms with Gasteiger partial charge in [0.15, 0.2) is 11.5 Å². The van der Waals surface area contributed by atoms with Gasteiger partial charge in [-0.3, -0.25) is 4.79 Å². The molecule has 1 aliphatic heterocycles. The maximum Gasteiger partial charge on any atom is 0.236 e. The molecule has 0 fully saturated rings. The van der Waals surface area contributed by atoms with Gasteiger partial charge in [0.05, 0.1) is 6.04 Å². The zero-order valence-electron chi connectivity index (χ0n) is 12.7. The Balaban J connectivity index is 1.79. The quantitative estimate of drug-likeness (QED) is 0.833. The van der Waals surface area contributed by atoms with Gasteiger partial charge in [-0.05, 0) is 36.5 Å². The zero-order chi connectivity index (χ0) is 15.2. The summed E-state index contributed by atoms with van der Waals surface area (Å²) in [6, 6.07) is 5.45. The molecule has 1 atom stereocenters. The Morgan fingerprint density at radius 3 is 2.71 bits per heavy atom. The van der Waals surface area contributed by atoms with E-state index in [1.807, 2.05) is 18.2 Å². The number of carbonyl (C=O) groups is 1. The number of hydrogen-bond acceptors (Lipinski definition) is 4. The molecule has 1 amide bonds. The molecule has 21 heavy (non-hydrogen) atoms. The van der Waals surface area contributed by atoms with Crippen LogP contribution in [0.2, 0.25) is 0 Å². The first-order valence-electron chi connectivity index (χ1n) is 7.48. The molecule has 1 aliphatic rings. The number of fused-ring (bicyclic) bond motifs is 1. The number of rotatable bonds is 6. The first-order valence-corrected chi connectivity index (χ1v) is 7.48. The van der Waals surface area contributed by atoms with Gasteiger partial charge in [-0.1, -0.05) is 19.9 Å². The molecule has 0 saturated carbocycles. The normalized spacial score (nSPS) is 14.9. The molecule has 0 spiro atoms. The lowest BCUT2D eigenvalue weighted by molar-refractivity contribution is -0.122. The van der Waals surface area contributed by atoms with Gasteiger partial charge in [-0.2, -0.15) is 0 Å². The van der Waals surface area contributed by atoms with Gasteiger partial charge in [-0.15, -0.1) is 0 Å². The van der Waals surface area contributed by atoms with Crippen molar-refractivity contribution in [3.05, 3.63) is 23.8 Å². The summed E-state index contributed by atoms with van der Waals surface area (Å²) in [5.74, 6) is 1.90. The van der Waals surface area contributed by atoms with Crippen LogP contribution in [-0.2, 0) is 11.2 Å². The molecule has 116 valence electrons. The van der Waals surface area contributed by atoms with Crippen molar-refractivity contribution < 1.29 is 14.3 Å². The molecule has 0 aromatic heterocycles. The van der Waals surface area contributed by atoms with Crippen molar-refractivity contribution in [2.24, 2.45) is 11.7 Å². The SMILES string of the molecule is CC(C)CC(N)C(=O)NCCc1ccc2c(c1)OCCO2. The van der Waals surface area contributed by atoms with E-state index >= 15 is 0 Å². The minimum atomic E-state index is -0.426. The van der Waals surface area contributed by atoms with E-state index < -0.39 is 6.04 Å². The summed E-state index contributed by atoms with van der Waals surface area (Å²) in [5, 5.41) is 2.88. The fraction of sp³-hybridized carbons (Fsp3) is 0.562. The van der Waals surface area contributed by atoms with Gasteiger partial charge >= 0.3 is 0 Å². The van der Waals surface area contributed by atoms with Crippen LogP contribution in [0.5, 0.6) is 11.5 Å². The summed E-state index contributed by atoms with van der Waals surface area (Å²) in [7, 11) is 0. The van der Waals surface area contributed by atoms with Gasteiger partial charge in [-0.25, -0.2) is 0 Å². The van der Waals surface area contributed by atoms with Crippen LogP contribution in [0.1, 0.15) is 25.8 Å². The van der Waals surface area contributed by atoms with Crippen LogP contribution < -0.4 is 20.5 Å². The smallest absolute Gasteiger partial charge is 0.236 e. The van der Waals surface area contributed by atoms with Crippen LogP contribution in [0.3, 0.4) is 0 Å². The molecular formula is C16H24N2O3. The molecule has 1 aromatic rings. The summed E-state index contributed by atoms with van der Waals surface area (Å²) in [4.78, 5) is 11.8. The highest BCUT2D eigenvalue weighted by molar-refractivity contribution is 5.81. The van der Waals surface area contributed by atoms with E-state index in [2.05, 4.69) is 19.2 Å². The first kappa shape index (κ1) is 15.6. The van der Waals surface area contributed by atoms with Crippen LogP contribution in [0.15, 0.2) is 18.2 Å². The van der Waals surface area contributed by atoms with Crippen LogP contribution in [0, 0.1) is 5.92 Å². The Bertz CT molecular complexity index is 488. The van der Waals surface area contributed by atoms with Crippen LogP contribution in [0.4, 0.5) is 0 Å². The van der Waals surface area contributed by atoms with E-state index in [0.29, 0.717) is 32.1 Å². The third-order valence-corrected chi connectivity index (χ3v) is 3.38. The number of nitrogens with two attached hydrogens (primary N) is 1. The molecular weight excluding hydrogens is 268 g/mol. The Kier molecular flexibility index (Phi) is 5.44. The number of carbonyl (C=O) groups excluding carboxylic acids is 1. The highest BCUT2D eigenvalue weighted by atomic mass is 16.6. The zero-order valence-corrected chi connectivity index (χ0v) is 12.7. The average Bonchev–Trinajstić information content (AvgIpc) is 2.46. The maximum atomic E-state index is 11.8. The Labute approximate surface area is 125 Å². The van der Waals surface area contributed by atoms with Gasteiger partial charge in [0, 0.05) is 6.54 Å². The largest absolute Gasteiger partial charge is 0.486 e. The lowest BCUT2D eigenvalue weighted by atomic mass is 10.0. The Morgan fingerprint density at radius 2 is 2.00 bits per heavy atom. The molecule has 3 N–H and O–H groups in total. The molecule has 1 aromatic carbocycles. The second kappa shape index (κ2) is 7.31. The highest BCUT2D eigenvalue weighted by Gasteiger charge is 2.15. The van der Waals surface area contributed by atoms with Crippen molar-refractivity contribution in [2.45, 2.75) is 32.7 Å². The summed E-state index contributed by atoms with van der Waals surface area (Å²) >= 11 is 0. The summed E-state index contributed by atoms with van der Waals surface area (Å²) < 4.78 is 11.0. The summed E-state index contributed by atoms with van der Waals surface area (Å²) in [6.45, 7) is 5.86. The van der Waals surface area contributed by atoms with E-state index in [4.69, 9.17) is 15.2 Å². The van der Waals surface area contributed by atoms with Gasteiger partial charge in [0.2, 0.25) is 5.91 Å². The van der Waals surface area contributed by atoms with Gasteiger partial charge in [0.1, 0.15) is 13.2 Å². The third kappa shape index (κ3) is 4.63. The van der Waals surface area contributed by atoms with Crippen LogP contribution >= 0.6 is 0 Å². The molecule has 0 radical (unpaired) electrons. The average molecular weight is 292 g/mol. The number of nitrogens with one attached hydrogen (secondary N) is 1. The van der Waals surface area contributed by atoms with Crippen molar-refractivity contribution >= 4 is 5.91 Å². The topological polar surface area (TPSA) is 73.6 Å². The maximum absolute atomic E-state index is 11.8. The standard InChI is InChI=1S/C16H24N2O3/c1-11(2)9-13(17)16(19)18-6-5-12-3-4-14-15(10-12)21-8-7-20-14/h3-4,10-11,13H,5-9,17H2,1-2H3,(H,18,19). The molecule has 5 heteroatoms. The number of hydrogen-bond donors (Lipinski definition) is 2. The summed E-state index contributed by atoms with van der Waals surface area (Å²) in [5.41, 5.74) is 6.95. The molecule has 0 saturated heterocycles. The predicted octanol–water partition coefficient (Wildman–Crippen LogP) is 1.49. The fourth-order valence-corrected chi connectivity index (χ4v) is 2.32. The predicted molar refractivity (Wildman–Crippen MR) is 81.6 cm³/mol. The lowest BCUT2D eigenvalue weighted by Crippen LogP contribution is -2.42. The second-order valence-corrected chi connectivity index (χ2v) is 5.76. The van der Waals surface area contributed by atoms with E-state index in [0.717, 1.165) is 23.5 Å².